The number of hydrogen-bond acceptors (Lipinski definition) is 5. The molecule has 0 aromatic carbocycles. The molecule has 0 heterocycles. The van der Waals surface area contributed by atoms with Gasteiger partial charge in [0.25, 0.3) is 0 Å². The molecule has 1 saturated carbocycles. The third kappa shape index (κ3) is 1.80. The van der Waals surface area contributed by atoms with E-state index in [0.717, 1.165) is 0 Å². The average Bonchev–Trinajstić information content (AvgIpc) is 2.12. The van der Waals surface area contributed by atoms with Crippen molar-refractivity contribution < 1.29 is 20.4 Å². The first-order valence-electron chi connectivity index (χ1n) is 3.74. The minimum Gasteiger partial charge on any atom is -0.390 e. The maximum atomic E-state index is 9.61. The third-order valence-electron chi connectivity index (χ3n) is 2.21. The predicted molar refractivity (Wildman–Crippen MR) is 51.0 cm³/mol. The molecule has 0 aliphatic heterocycles. The average molecular weight is 299 g/mol. The van der Waals surface area contributed by atoms with Crippen LogP contribution in [-0.2, 0) is 0 Å². The summed E-state index contributed by atoms with van der Waals surface area (Å²) in [5, 5.41) is 46.0. The van der Waals surface area contributed by atoms with E-state index in [1.54, 1.807) is 28.7 Å². The molecule has 0 aromatic rings. The zero-order valence-electron chi connectivity index (χ0n) is 6.63. The highest BCUT2D eigenvalue weighted by molar-refractivity contribution is 14.1. The number of rotatable bonds is 0. The Kier molecular flexibility index (Phi) is 3.14. The minimum atomic E-state index is -1.77. The van der Waals surface area contributed by atoms with Crippen molar-refractivity contribution in [1.82, 2.24) is 0 Å². The van der Waals surface area contributed by atoms with E-state index in [1.165, 1.54) is 0 Å². The monoisotopic (exact) mass is 299 g/mol. The van der Waals surface area contributed by atoms with Gasteiger partial charge in [-0.3, -0.25) is 0 Å². The van der Waals surface area contributed by atoms with Crippen molar-refractivity contribution in [2.75, 3.05) is 0 Å². The van der Waals surface area contributed by atoms with E-state index in [1.807, 2.05) is 0 Å². The quantitative estimate of drug-likeness (QED) is 0.248. The fourth-order valence-corrected chi connectivity index (χ4v) is 2.16. The highest BCUT2D eigenvalue weighted by atomic mass is 127. The number of nitrogens with zero attached hydrogens (tertiary/aromatic N) is 1. The summed E-state index contributed by atoms with van der Waals surface area (Å²) >= 11 is 1.69. The molecule has 1 aliphatic rings. The predicted octanol–water partition coefficient (Wildman–Crippen LogP) is -1.47. The lowest BCUT2D eigenvalue weighted by atomic mass is 9.80. The summed E-state index contributed by atoms with van der Waals surface area (Å²) in [6, 6.07) is 1.63. The number of aliphatic hydroxyl groups is 4. The molecule has 1 aliphatic carbocycles. The molecule has 5 nitrogen and oxygen atoms in total. The number of halogens is 1. The van der Waals surface area contributed by atoms with E-state index in [-0.39, 0.29) is 6.42 Å². The minimum absolute atomic E-state index is 0.241. The van der Waals surface area contributed by atoms with Gasteiger partial charge in [-0.1, -0.05) is 22.6 Å². The van der Waals surface area contributed by atoms with Crippen molar-refractivity contribution in [2.45, 2.75) is 34.3 Å². The van der Waals surface area contributed by atoms with Crippen LogP contribution in [0.25, 0.3) is 0 Å². The van der Waals surface area contributed by atoms with Crippen molar-refractivity contribution in [3.63, 3.8) is 0 Å². The van der Waals surface area contributed by atoms with Gasteiger partial charge in [-0.2, -0.15) is 5.26 Å². The summed E-state index contributed by atoms with van der Waals surface area (Å²) in [4.78, 5) is 0. The van der Waals surface area contributed by atoms with Crippen LogP contribution in [0.1, 0.15) is 6.42 Å². The first kappa shape index (κ1) is 11.1. The van der Waals surface area contributed by atoms with Gasteiger partial charge in [0.2, 0.25) is 0 Å². The summed E-state index contributed by atoms with van der Waals surface area (Å²) in [5.74, 6) is 0. The first-order chi connectivity index (χ1) is 5.92. The van der Waals surface area contributed by atoms with Gasteiger partial charge in [-0.25, -0.2) is 0 Å². The molecule has 0 spiro atoms. The Morgan fingerprint density at radius 3 is 2.31 bits per heavy atom. The molecule has 0 aromatic heterocycles. The fourth-order valence-electron chi connectivity index (χ4n) is 1.34. The van der Waals surface area contributed by atoms with Crippen LogP contribution < -0.4 is 0 Å². The highest BCUT2D eigenvalue weighted by Crippen LogP contribution is 2.34. The standard InChI is InChI=1S/C7H10INO4/c8-6-5(12)4(11)3(10)1-7(6,13)2-9/h3-6,10-13H,1H2/t3-,4?,5+,6?,7?/m1/s1. The largest absolute Gasteiger partial charge is 0.390 e. The van der Waals surface area contributed by atoms with Crippen LogP contribution >= 0.6 is 22.6 Å². The molecule has 0 radical (unpaired) electrons. The lowest BCUT2D eigenvalue weighted by Crippen LogP contribution is -2.59. The molecular weight excluding hydrogens is 289 g/mol. The Morgan fingerprint density at radius 2 is 1.85 bits per heavy atom. The number of alkyl halides is 1. The summed E-state index contributed by atoms with van der Waals surface area (Å²) < 4.78 is -0.798. The molecule has 13 heavy (non-hydrogen) atoms. The zero-order chi connectivity index (χ0) is 10.2. The van der Waals surface area contributed by atoms with E-state index in [4.69, 9.17) is 5.26 Å². The van der Waals surface area contributed by atoms with Gasteiger partial charge in [-0.05, 0) is 0 Å². The van der Waals surface area contributed by atoms with Gasteiger partial charge >= 0.3 is 0 Å². The van der Waals surface area contributed by atoms with Crippen LogP contribution in [0, 0.1) is 11.3 Å². The highest BCUT2D eigenvalue weighted by Gasteiger charge is 2.50. The van der Waals surface area contributed by atoms with Crippen LogP contribution in [0.3, 0.4) is 0 Å². The van der Waals surface area contributed by atoms with Crippen LogP contribution in [0.15, 0.2) is 0 Å². The molecule has 6 heteroatoms. The molecule has 1 rings (SSSR count). The third-order valence-corrected chi connectivity index (χ3v) is 3.98. The fraction of sp³-hybridized carbons (Fsp3) is 0.857. The van der Waals surface area contributed by atoms with E-state index < -0.39 is 27.8 Å². The lowest BCUT2D eigenvalue weighted by molar-refractivity contribution is -0.128. The lowest BCUT2D eigenvalue weighted by Gasteiger charge is -2.40. The second-order valence-electron chi connectivity index (χ2n) is 3.19. The SMILES string of the molecule is N#CC1(O)C[C@@H](O)C(O)[C@H](O)C1I. The Morgan fingerprint density at radius 1 is 1.31 bits per heavy atom. The van der Waals surface area contributed by atoms with E-state index in [0.29, 0.717) is 0 Å². The summed E-state index contributed by atoms with van der Waals surface area (Å²) in [6.07, 6.45) is -4.08. The molecule has 5 atom stereocenters. The van der Waals surface area contributed by atoms with Gasteiger partial charge in [-0.15, -0.1) is 0 Å². The van der Waals surface area contributed by atoms with Crippen LogP contribution in [0.4, 0.5) is 0 Å². The second-order valence-corrected chi connectivity index (χ2v) is 4.53. The molecule has 0 bridgehead atoms. The van der Waals surface area contributed by atoms with E-state index in [9.17, 15) is 20.4 Å². The molecule has 3 unspecified atom stereocenters. The van der Waals surface area contributed by atoms with Gasteiger partial charge in [0.05, 0.1) is 22.2 Å². The van der Waals surface area contributed by atoms with Crippen molar-refractivity contribution in [1.29, 1.82) is 5.26 Å². The number of nitriles is 1. The molecule has 0 amide bonds. The number of hydrogen-bond donors (Lipinski definition) is 4. The van der Waals surface area contributed by atoms with Gasteiger partial charge in [0.1, 0.15) is 6.10 Å². The van der Waals surface area contributed by atoms with Gasteiger partial charge in [0.15, 0.2) is 5.60 Å². The molecule has 0 saturated heterocycles. The maximum Gasteiger partial charge on any atom is 0.167 e. The van der Waals surface area contributed by atoms with Crippen molar-refractivity contribution in [3.8, 4) is 6.07 Å². The summed E-state index contributed by atoms with van der Waals surface area (Å²) in [5.41, 5.74) is -1.77. The molecular formula is C7H10INO4. The second kappa shape index (κ2) is 3.67. The van der Waals surface area contributed by atoms with E-state index in [2.05, 4.69) is 0 Å². The Hall–Kier alpha value is 0.0600. The zero-order valence-corrected chi connectivity index (χ0v) is 8.79. The smallest absolute Gasteiger partial charge is 0.167 e. The number of aliphatic hydroxyl groups excluding tert-OH is 3. The van der Waals surface area contributed by atoms with E-state index >= 15 is 0 Å². The Balaban J connectivity index is 2.90. The van der Waals surface area contributed by atoms with Gasteiger partial charge < -0.3 is 20.4 Å². The molecule has 74 valence electrons. The summed E-state index contributed by atoms with van der Waals surface area (Å²) in [7, 11) is 0. The first-order valence-corrected chi connectivity index (χ1v) is 4.99. The Bertz CT molecular complexity index is 243. The molecule has 1 fully saturated rings. The maximum absolute atomic E-state index is 9.61. The Labute approximate surface area is 88.8 Å². The van der Waals surface area contributed by atoms with Crippen LogP contribution in [0.5, 0.6) is 0 Å². The summed E-state index contributed by atoms with van der Waals surface area (Å²) in [6.45, 7) is 0. The van der Waals surface area contributed by atoms with Crippen LogP contribution in [-0.4, -0.2) is 48.3 Å². The van der Waals surface area contributed by atoms with Crippen molar-refractivity contribution in [2.24, 2.45) is 0 Å². The van der Waals surface area contributed by atoms with Gasteiger partial charge in [0, 0.05) is 6.42 Å². The topological polar surface area (TPSA) is 105 Å². The molecule has 4 N–H and O–H groups in total. The van der Waals surface area contributed by atoms with Crippen LogP contribution in [0.2, 0.25) is 0 Å². The van der Waals surface area contributed by atoms with Crippen molar-refractivity contribution in [3.05, 3.63) is 0 Å². The normalized spacial score (nSPS) is 51.4. The van der Waals surface area contributed by atoms with Crippen molar-refractivity contribution >= 4 is 22.6 Å².